The third-order valence-electron chi connectivity index (χ3n) is 2.59. The van der Waals surface area contributed by atoms with Gasteiger partial charge in [-0.25, -0.2) is 0 Å². The lowest BCUT2D eigenvalue weighted by Gasteiger charge is -2.08. The molecule has 15 heavy (non-hydrogen) atoms. The number of aliphatic hydroxyl groups excluding tert-OH is 1. The topological polar surface area (TPSA) is 32.3 Å². The highest BCUT2D eigenvalue weighted by Crippen LogP contribution is 2.10. The third kappa shape index (κ3) is 4.45. The van der Waals surface area contributed by atoms with E-state index in [2.05, 4.69) is 37.4 Å². The first-order valence-electron chi connectivity index (χ1n) is 5.61. The normalized spacial score (nSPS) is 10.6. The van der Waals surface area contributed by atoms with E-state index in [9.17, 15) is 0 Å². The van der Waals surface area contributed by atoms with Gasteiger partial charge in [-0.1, -0.05) is 23.8 Å². The number of rotatable bonds is 6. The molecule has 0 atom stereocenters. The molecule has 0 spiro atoms. The Balaban J connectivity index is 2.33. The molecule has 0 aliphatic rings. The van der Waals surface area contributed by atoms with Crippen LogP contribution in [0.25, 0.3) is 0 Å². The predicted molar refractivity (Wildman–Crippen MR) is 64.2 cm³/mol. The summed E-state index contributed by atoms with van der Waals surface area (Å²) < 4.78 is 0. The molecule has 0 fully saturated rings. The van der Waals surface area contributed by atoms with E-state index >= 15 is 0 Å². The Morgan fingerprint density at radius 3 is 2.73 bits per heavy atom. The molecule has 0 unspecified atom stereocenters. The zero-order valence-electron chi connectivity index (χ0n) is 9.71. The number of aryl methyl sites for hydroxylation is 2. The lowest BCUT2D eigenvalue weighted by Crippen LogP contribution is -2.19. The van der Waals surface area contributed by atoms with Crippen molar-refractivity contribution in [3.63, 3.8) is 0 Å². The fourth-order valence-electron chi connectivity index (χ4n) is 1.62. The SMILES string of the molecule is Cc1ccc(C)c(CCNCCCO)c1. The van der Waals surface area contributed by atoms with Crippen LogP contribution in [0.1, 0.15) is 23.1 Å². The Kier molecular flexibility index (Phi) is 5.37. The maximum atomic E-state index is 8.62. The van der Waals surface area contributed by atoms with E-state index in [1.54, 1.807) is 0 Å². The molecule has 1 aromatic rings. The van der Waals surface area contributed by atoms with Crippen molar-refractivity contribution >= 4 is 0 Å². The minimum atomic E-state index is 0.274. The Morgan fingerprint density at radius 2 is 2.00 bits per heavy atom. The van der Waals surface area contributed by atoms with Crippen molar-refractivity contribution in [2.75, 3.05) is 19.7 Å². The minimum Gasteiger partial charge on any atom is -0.396 e. The molecule has 2 heteroatoms. The van der Waals surface area contributed by atoms with Crippen molar-refractivity contribution in [2.45, 2.75) is 26.7 Å². The second-order valence-corrected chi connectivity index (χ2v) is 4.01. The lowest BCUT2D eigenvalue weighted by molar-refractivity contribution is 0.286. The van der Waals surface area contributed by atoms with E-state index in [1.807, 2.05) is 0 Å². The average Bonchev–Trinajstić information content (AvgIpc) is 2.23. The van der Waals surface area contributed by atoms with Crippen LogP contribution in [0.5, 0.6) is 0 Å². The molecule has 0 saturated heterocycles. The van der Waals surface area contributed by atoms with Gasteiger partial charge in [0.15, 0.2) is 0 Å². The maximum Gasteiger partial charge on any atom is 0.0443 e. The molecule has 0 bridgehead atoms. The van der Waals surface area contributed by atoms with Crippen molar-refractivity contribution in [3.05, 3.63) is 34.9 Å². The van der Waals surface area contributed by atoms with Crippen LogP contribution >= 0.6 is 0 Å². The first kappa shape index (κ1) is 12.2. The van der Waals surface area contributed by atoms with Crippen LogP contribution in [0.2, 0.25) is 0 Å². The zero-order valence-corrected chi connectivity index (χ0v) is 9.71. The molecule has 0 aliphatic carbocycles. The van der Waals surface area contributed by atoms with Gasteiger partial charge in [0.05, 0.1) is 0 Å². The quantitative estimate of drug-likeness (QED) is 0.697. The van der Waals surface area contributed by atoms with Crippen molar-refractivity contribution in [2.24, 2.45) is 0 Å². The minimum absolute atomic E-state index is 0.274. The van der Waals surface area contributed by atoms with Crippen molar-refractivity contribution in [1.29, 1.82) is 0 Å². The van der Waals surface area contributed by atoms with Gasteiger partial charge in [0, 0.05) is 6.61 Å². The van der Waals surface area contributed by atoms with Crippen LogP contribution in [0.4, 0.5) is 0 Å². The summed E-state index contributed by atoms with van der Waals surface area (Å²) in [5, 5.41) is 11.9. The summed E-state index contributed by atoms with van der Waals surface area (Å²) in [6, 6.07) is 6.58. The molecule has 1 rings (SSSR count). The summed E-state index contributed by atoms with van der Waals surface area (Å²) in [4.78, 5) is 0. The molecule has 0 aliphatic heterocycles. The van der Waals surface area contributed by atoms with E-state index < -0.39 is 0 Å². The molecule has 0 heterocycles. The smallest absolute Gasteiger partial charge is 0.0443 e. The van der Waals surface area contributed by atoms with Gasteiger partial charge in [-0.15, -0.1) is 0 Å². The van der Waals surface area contributed by atoms with Crippen molar-refractivity contribution in [3.8, 4) is 0 Å². The van der Waals surface area contributed by atoms with E-state index in [-0.39, 0.29) is 6.61 Å². The van der Waals surface area contributed by atoms with E-state index in [4.69, 9.17) is 5.11 Å². The molecule has 0 amide bonds. The number of hydrogen-bond donors (Lipinski definition) is 2. The first-order valence-corrected chi connectivity index (χ1v) is 5.61. The van der Waals surface area contributed by atoms with Gasteiger partial charge in [0.1, 0.15) is 0 Å². The number of aliphatic hydroxyl groups is 1. The summed E-state index contributed by atoms with van der Waals surface area (Å²) in [5.41, 5.74) is 4.11. The van der Waals surface area contributed by atoms with Gasteiger partial charge in [0.25, 0.3) is 0 Å². The number of nitrogens with one attached hydrogen (secondary N) is 1. The highest BCUT2D eigenvalue weighted by atomic mass is 16.3. The second-order valence-electron chi connectivity index (χ2n) is 4.01. The number of benzene rings is 1. The van der Waals surface area contributed by atoms with E-state index in [0.29, 0.717) is 0 Å². The Labute approximate surface area is 92.3 Å². The second kappa shape index (κ2) is 6.59. The molecule has 0 aromatic heterocycles. The fourth-order valence-corrected chi connectivity index (χ4v) is 1.62. The van der Waals surface area contributed by atoms with E-state index in [1.165, 1.54) is 16.7 Å². The van der Waals surface area contributed by atoms with Gasteiger partial charge in [-0.3, -0.25) is 0 Å². The standard InChI is InChI=1S/C13H21NO/c1-11-4-5-12(2)13(10-11)6-8-14-7-3-9-15/h4-5,10,14-15H,3,6-9H2,1-2H3. The fraction of sp³-hybridized carbons (Fsp3) is 0.538. The van der Waals surface area contributed by atoms with Crippen molar-refractivity contribution < 1.29 is 5.11 Å². The van der Waals surface area contributed by atoms with Crippen LogP contribution in [-0.2, 0) is 6.42 Å². The molecule has 0 radical (unpaired) electrons. The summed E-state index contributed by atoms with van der Waals surface area (Å²) >= 11 is 0. The lowest BCUT2D eigenvalue weighted by atomic mass is 10.0. The Bertz CT molecular complexity index is 297. The third-order valence-corrected chi connectivity index (χ3v) is 2.59. The van der Waals surface area contributed by atoms with Gasteiger partial charge in [-0.2, -0.15) is 0 Å². The Morgan fingerprint density at radius 1 is 1.20 bits per heavy atom. The molecular formula is C13H21NO. The first-order chi connectivity index (χ1) is 7.24. The largest absolute Gasteiger partial charge is 0.396 e. The molecule has 2 nitrogen and oxygen atoms in total. The van der Waals surface area contributed by atoms with Crippen LogP contribution < -0.4 is 5.32 Å². The van der Waals surface area contributed by atoms with Gasteiger partial charge in [0.2, 0.25) is 0 Å². The van der Waals surface area contributed by atoms with Crippen LogP contribution in [0, 0.1) is 13.8 Å². The van der Waals surface area contributed by atoms with E-state index in [0.717, 1.165) is 25.9 Å². The molecule has 84 valence electrons. The zero-order chi connectivity index (χ0) is 11.1. The summed E-state index contributed by atoms with van der Waals surface area (Å²) in [5.74, 6) is 0. The highest BCUT2D eigenvalue weighted by molar-refractivity contribution is 5.30. The molecule has 2 N–H and O–H groups in total. The van der Waals surface area contributed by atoms with Gasteiger partial charge >= 0.3 is 0 Å². The Hall–Kier alpha value is -0.860. The monoisotopic (exact) mass is 207 g/mol. The maximum absolute atomic E-state index is 8.62. The highest BCUT2D eigenvalue weighted by Gasteiger charge is 1.98. The number of hydrogen-bond acceptors (Lipinski definition) is 2. The predicted octanol–water partition coefficient (Wildman–Crippen LogP) is 1.82. The molecule has 0 saturated carbocycles. The van der Waals surface area contributed by atoms with Crippen LogP contribution in [0.15, 0.2) is 18.2 Å². The average molecular weight is 207 g/mol. The van der Waals surface area contributed by atoms with Gasteiger partial charge < -0.3 is 10.4 Å². The van der Waals surface area contributed by atoms with Crippen molar-refractivity contribution in [1.82, 2.24) is 5.32 Å². The summed E-state index contributed by atoms with van der Waals surface area (Å²) in [6.45, 7) is 6.45. The van der Waals surface area contributed by atoms with Crippen LogP contribution in [0.3, 0.4) is 0 Å². The molecule has 1 aromatic carbocycles. The van der Waals surface area contributed by atoms with Gasteiger partial charge in [-0.05, 0) is 50.9 Å². The molecular weight excluding hydrogens is 186 g/mol. The summed E-state index contributed by atoms with van der Waals surface area (Å²) in [7, 11) is 0. The van der Waals surface area contributed by atoms with Crippen LogP contribution in [-0.4, -0.2) is 24.8 Å². The summed E-state index contributed by atoms with van der Waals surface area (Å²) in [6.07, 6.45) is 1.91.